The molecule has 3 fully saturated rings. The SMILES string of the molecule is CC1CCC(C(=O)N(c2cc(C#CC(C)(C)C)sc2C(=O)O)C2CCC(Oc3ccc(N4CCCC4)nn3)CC2)CC1. The van der Waals surface area contributed by atoms with E-state index in [2.05, 4.69) is 33.9 Å². The molecule has 1 amide bonds. The molecule has 3 aliphatic rings. The summed E-state index contributed by atoms with van der Waals surface area (Å²) in [5, 5.41) is 18.9. The van der Waals surface area contributed by atoms with E-state index in [1.165, 1.54) is 24.2 Å². The van der Waals surface area contributed by atoms with Gasteiger partial charge in [0.15, 0.2) is 5.82 Å². The molecule has 226 valence electrons. The van der Waals surface area contributed by atoms with Gasteiger partial charge in [-0.3, -0.25) is 4.79 Å². The number of carbonyl (C=O) groups excluding carboxylic acids is 1. The first-order valence-electron chi connectivity index (χ1n) is 15.6. The van der Waals surface area contributed by atoms with Crippen LogP contribution < -0.4 is 14.5 Å². The topological polar surface area (TPSA) is 95.9 Å². The molecule has 0 unspecified atom stereocenters. The van der Waals surface area contributed by atoms with E-state index in [0.29, 0.717) is 22.4 Å². The maximum Gasteiger partial charge on any atom is 0.348 e. The Morgan fingerprint density at radius 3 is 2.31 bits per heavy atom. The Bertz CT molecular complexity index is 1300. The van der Waals surface area contributed by atoms with Crippen molar-refractivity contribution in [1.82, 2.24) is 10.2 Å². The second-order valence-corrected chi connectivity index (χ2v) is 14.3. The Morgan fingerprint density at radius 1 is 1.02 bits per heavy atom. The van der Waals surface area contributed by atoms with Crippen LogP contribution in [0.5, 0.6) is 5.88 Å². The molecule has 0 atom stereocenters. The van der Waals surface area contributed by atoms with Gasteiger partial charge in [-0.25, -0.2) is 4.79 Å². The molecule has 1 aliphatic heterocycles. The molecule has 5 rings (SSSR count). The molecule has 42 heavy (non-hydrogen) atoms. The van der Waals surface area contributed by atoms with Crippen molar-refractivity contribution in [3.05, 3.63) is 28.0 Å². The number of ether oxygens (including phenoxy) is 1. The number of hydrogen-bond donors (Lipinski definition) is 1. The van der Waals surface area contributed by atoms with E-state index in [9.17, 15) is 14.7 Å². The highest BCUT2D eigenvalue weighted by molar-refractivity contribution is 7.15. The van der Waals surface area contributed by atoms with Crippen LogP contribution in [0.15, 0.2) is 18.2 Å². The molecule has 0 spiro atoms. The highest BCUT2D eigenvalue weighted by Gasteiger charge is 2.38. The summed E-state index contributed by atoms with van der Waals surface area (Å²) in [5.41, 5.74) is 0.293. The smallest absolute Gasteiger partial charge is 0.348 e. The molecule has 3 heterocycles. The van der Waals surface area contributed by atoms with Crippen molar-refractivity contribution in [3.8, 4) is 17.7 Å². The summed E-state index contributed by atoms with van der Waals surface area (Å²) in [4.78, 5) is 31.5. The predicted octanol–water partition coefficient (Wildman–Crippen LogP) is 6.78. The number of rotatable bonds is 7. The highest BCUT2D eigenvalue weighted by atomic mass is 32.1. The Balaban J connectivity index is 1.33. The normalized spacial score (nSPS) is 24.5. The minimum absolute atomic E-state index is 0.0182. The number of aromatic carboxylic acids is 1. The monoisotopic (exact) mass is 592 g/mol. The molecule has 9 heteroatoms. The molecule has 8 nitrogen and oxygen atoms in total. The first-order chi connectivity index (χ1) is 20.1. The fourth-order valence-electron chi connectivity index (χ4n) is 6.31. The van der Waals surface area contributed by atoms with Crippen molar-refractivity contribution in [2.75, 3.05) is 22.9 Å². The van der Waals surface area contributed by atoms with Gasteiger partial charge in [0.05, 0.1) is 10.6 Å². The molecule has 0 bridgehead atoms. The fraction of sp³-hybridized carbons (Fsp3) is 0.636. The van der Waals surface area contributed by atoms with Crippen LogP contribution in [-0.4, -0.2) is 52.4 Å². The number of hydrogen-bond acceptors (Lipinski definition) is 7. The van der Waals surface area contributed by atoms with Crippen LogP contribution in [0.25, 0.3) is 0 Å². The third kappa shape index (κ3) is 7.44. The Hall–Kier alpha value is -3.12. The van der Waals surface area contributed by atoms with Gasteiger partial charge < -0.3 is 19.6 Å². The first kappa shape index (κ1) is 30.3. The van der Waals surface area contributed by atoms with E-state index in [1.807, 2.05) is 43.9 Å². The lowest BCUT2D eigenvalue weighted by Gasteiger charge is -2.39. The second kappa shape index (κ2) is 13.0. The van der Waals surface area contributed by atoms with E-state index in [-0.39, 0.29) is 34.3 Å². The lowest BCUT2D eigenvalue weighted by molar-refractivity contribution is -0.124. The van der Waals surface area contributed by atoms with Crippen molar-refractivity contribution in [3.63, 3.8) is 0 Å². The summed E-state index contributed by atoms with van der Waals surface area (Å²) >= 11 is 1.17. The van der Waals surface area contributed by atoms with Gasteiger partial charge in [0, 0.05) is 36.5 Å². The van der Waals surface area contributed by atoms with E-state index in [4.69, 9.17) is 4.74 Å². The largest absolute Gasteiger partial charge is 0.477 e. The average Bonchev–Trinajstić information content (AvgIpc) is 3.65. The summed E-state index contributed by atoms with van der Waals surface area (Å²) in [6, 6.07) is 5.62. The molecule has 0 radical (unpaired) electrons. The van der Waals surface area contributed by atoms with Gasteiger partial charge >= 0.3 is 5.97 Å². The van der Waals surface area contributed by atoms with Gasteiger partial charge in [-0.1, -0.05) is 18.8 Å². The zero-order valence-corrected chi connectivity index (χ0v) is 26.2. The second-order valence-electron chi connectivity index (χ2n) is 13.3. The Kier molecular flexibility index (Phi) is 9.41. The van der Waals surface area contributed by atoms with Crippen molar-refractivity contribution < 1.29 is 19.4 Å². The molecule has 2 aromatic rings. The lowest BCUT2D eigenvalue weighted by Crippen LogP contribution is -2.47. The summed E-state index contributed by atoms with van der Waals surface area (Å²) in [5.74, 6) is 7.40. The molecule has 2 saturated carbocycles. The Morgan fingerprint density at radius 2 is 1.71 bits per heavy atom. The molecule has 0 aromatic carbocycles. The van der Waals surface area contributed by atoms with Gasteiger partial charge in [0.2, 0.25) is 11.8 Å². The first-order valence-corrected chi connectivity index (χ1v) is 16.4. The van der Waals surface area contributed by atoms with Crippen LogP contribution >= 0.6 is 11.3 Å². The van der Waals surface area contributed by atoms with E-state index in [0.717, 1.165) is 70.3 Å². The number of aromatic nitrogens is 2. The predicted molar refractivity (Wildman–Crippen MR) is 166 cm³/mol. The van der Waals surface area contributed by atoms with Crippen molar-refractivity contribution in [2.24, 2.45) is 17.3 Å². The van der Waals surface area contributed by atoms with Crippen LogP contribution in [0.4, 0.5) is 11.5 Å². The van der Waals surface area contributed by atoms with E-state index >= 15 is 0 Å². The summed E-state index contributed by atoms with van der Waals surface area (Å²) in [6.45, 7) is 10.4. The molecule has 1 saturated heterocycles. The minimum atomic E-state index is -1.01. The van der Waals surface area contributed by atoms with Crippen LogP contribution in [0.2, 0.25) is 0 Å². The number of carboxylic acid groups (broad SMARTS) is 1. The minimum Gasteiger partial charge on any atom is -0.477 e. The number of nitrogens with zero attached hydrogens (tertiary/aromatic N) is 4. The van der Waals surface area contributed by atoms with Crippen molar-refractivity contribution >= 4 is 34.7 Å². The van der Waals surface area contributed by atoms with Crippen molar-refractivity contribution in [2.45, 2.75) is 104 Å². The number of amides is 1. The van der Waals surface area contributed by atoms with Crippen LogP contribution in [0.3, 0.4) is 0 Å². The van der Waals surface area contributed by atoms with E-state index < -0.39 is 5.97 Å². The highest BCUT2D eigenvalue weighted by Crippen LogP contribution is 2.39. The quantitative estimate of drug-likeness (QED) is 0.354. The molecule has 1 N–H and O–H groups in total. The summed E-state index contributed by atoms with van der Waals surface area (Å²) in [6.07, 6.45) is 9.10. The van der Waals surface area contributed by atoms with E-state index in [1.54, 1.807) is 0 Å². The summed E-state index contributed by atoms with van der Waals surface area (Å²) < 4.78 is 6.22. The van der Waals surface area contributed by atoms with Gasteiger partial charge in [-0.05, 0) is 103 Å². The molecule has 2 aromatic heterocycles. The third-order valence-electron chi connectivity index (χ3n) is 8.68. The number of anilines is 2. The lowest BCUT2D eigenvalue weighted by atomic mass is 9.81. The zero-order valence-electron chi connectivity index (χ0n) is 25.4. The molecular formula is C33H44N4O4S. The number of thiophene rings is 1. The van der Waals surface area contributed by atoms with Crippen LogP contribution in [-0.2, 0) is 4.79 Å². The zero-order chi connectivity index (χ0) is 29.9. The molecule has 2 aliphatic carbocycles. The average molecular weight is 593 g/mol. The van der Waals surface area contributed by atoms with Crippen LogP contribution in [0, 0.1) is 29.1 Å². The van der Waals surface area contributed by atoms with Gasteiger partial charge in [0.25, 0.3) is 0 Å². The number of carbonyl (C=O) groups is 2. The summed E-state index contributed by atoms with van der Waals surface area (Å²) in [7, 11) is 0. The molecular weight excluding hydrogens is 548 g/mol. The van der Waals surface area contributed by atoms with Crippen molar-refractivity contribution in [1.29, 1.82) is 0 Å². The Labute approximate surface area is 253 Å². The maximum absolute atomic E-state index is 14.2. The van der Waals surface area contributed by atoms with Crippen LogP contribution in [0.1, 0.15) is 106 Å². The fourth-order valence-corrected chi connectivity index (χ4v) is 7.15. The third-order valence-corrected chi connectivity index (χ3v) is 9.71. The van der Waals surface area contributed by atoms with Gasteiger partial charge in [0.1, 0.15) is 11.0 Å². The maximum atomic E-state index is 14.2. The van der Waals surface area contributed by atoms with Gasteiger partial charge in [-0.15, -0.1) is 21.5 Å². The van der Waals surface area contributed by atoms with Gasteiger partial charge in [-0.2, -0.15) is 0 Å². The number of carboxylic acids is 1. The standard InChI is InChI=1S/C33H44N4O4S/c1-22-7-9-23(10-8-22)31(38)37(27-21-26(17-18-33(2,3)4)42-30(27)32(39)40)24-11-13-25(14-12-24)41-29-16-15-28(34-35-29)36-19-5-6-20-36/h15-16,21-25H,5-14,19-20H2,1-4H3,(H,39,40).